The first-order valence-corrected chi connectivity index (χ1v) is 27.3. The molecule has 342 valence electrons. The van der Waals surface area contributed by atoms with Gasteiger partial charge in [0.05, 0.1) is 0 Å². The molecule has 0 heterocycles. The number of rotatable bonds is 49. The Bertz CT molecular complexity index is 910. The average Bonchev–Trinajstić information content (AvgIpc) is 3.23. The normalized spacial score (nSPS) is 11.6. The van der Waals surface area contributed by atoms with Gasteiger partial charge in [0, 0.05) is 0 Å². The third kappa shape index (κ3) is 40.2. The van der Waals surface area contributed by atoms with Crippen LogP contribution in [0.5, 0.6) is 11.5 Å². The lowest BCUT2D eigenvalue weighted by atomic mass is 10.0. The van der Waals surface area contributed by atoms with E-state index in [1.165, 1.54) is 302 Å². The molecule has 1 aromatic carbocycles. The van der Waals surface area contributed by atoms with E-state index in [4.69, 9.17) is 0 Å². The van der Waals surface area contributed by atoms with E-state index in [-0.39, 0.29) is 11.5 Å². The van der Waals surface area contributed by atoms with Gasteiger partial charge in [0.2, 0.25) is 0 Å². The molecule has 1 rings (SSSR count). The molecule has 0 amide bonds. The first-order chi connectivity index (χ1) is 28.8. The Balaban J connectivity index is 1.61. The van der Waals surface area contributed by atoms with Crippen molar-refractivity contribution < 1.29 is 10.2 Å². The summed E-state index contributed by atoms with van der Waals surface area (Å²) in [5, 5.41) is 19.5. The Kier molecular flexibility index (Phi) is 44.3. The molecule has 2 heteroatoms. The first kappa shape index (κ1) is 54.8. The minimum absolute atomic E-state index is 0.00466. The van der Waals surface area contributed by atoms with Crippen molar-refractivity contribution in [1.29, 1.82) is 0 Å². The number of para-hydroxylation sites is 1. The maximum Gasteiger partial charge on any atom is 0.160 e. The van der Waals surface area contributed by atoms with E-state index in [0.717, 1.165) is 18.4 Å². The summed E-state index contributed by atoms with van der Waals surface area (Å²) in [4.78, 5) is 0. The van der Waals surface area contributed by atoms with Crippen LogP contribution >= 0.6 is 0 Å². The van der Waals surface area contributed by atoms with Gasteiger partial charge in [-0.1, -0.05) is 321 Å². The van der Waals surface area contributed by atoms with Crippen LogP contribution in [-0.2, 0) is 6.42 Å². The van der Waals surface area contributed by atoms with Gasteiger partial charge in [0.15, 0.2) is 11.5 Å². The number of aryl methyl sites for hydroxylation is 1. The van der Waals surface area contributed by atoms with Gasteiger partial charge in [-0.15, -0.1) is 0 Å². The Morgan fingerprint density at radius 3 is 0.655 bits per heavy atom. The second-order valence-electron chi connectivity index (χ2n) is 19.2. The van der Waals surface area contributed by atoms with Crippen molar-refractivity contribution in [2.24, 2.45) is 0 Å². The molecular formula is C56H106O2. The Morgan fingerprint density at radius 1 is 0.259 bits per heavy atom. The van der Waals surface area contributed by atoms with Crippen LogP contribution in [0.2, 0.25) is 0 Å². The molecule has 0 aliphatic heterocycles. The molecule has 0 aliphatic rings. The van der Waals surface area contributed by atoms with Crippen molar-refractivity contribution in [2.75, 3.05) is 0 Å². The van der Waals surface area contributed by atoms with E-state index in [0.29, 0.717) is 0 Å². The summed E-state index contributed by atoms with van der Waals surface area (Å²) in [6.07, 6.45) is 70.5. The van der Waals surface area contributed by atoms with E-state index >= 15 is 0 Å². The van der Waals surface area contributed by atoms with Crippen molar-refractivity contribution in [3.05, 3.63) is 23.8 Å². The standard InChI is InChI=1S/C56H106O2/c1-2-3-4-5-6-7-8-9-10-11-12-13-14-15-16-17-18-19-20-21-22-23-24-25-26-27-28-29-30-31-32-33-34-35-36-37-38-39-40-41-42-43-44-45-46-47-48-49-51-54-52-50-53-55(57)56(54)58/h50,52-53,57-58H,2-49,51H2,1H3. The Labute approximate surface area is 365 Å². The average molecular weight is 811 g/mol. The van der Waals surface area contributed by atoms with Gasteiger partial charge >= 0.3 is 0 Å². The van der Waals surface area contributed by atoms with Crippen molar-refractivity contribution in [3.63, 3.8) is 0 Å². The van der Waals surface area contributed by atoms with Gasteiger partial charge in [-0.3, -0.25) is 0 Å². The number of benzene rings is 1. The highest BCUT2D eigenvalue weighted by molar-refractivity contribution is 5.44. The summed E-state index contributed by atoms with van der Waals surface area (Å²) in [5.74, 6) is 0.0741. The fraction of sp³-hybridized carbons (Fsp3) is 0.893. The number of hydrogen-bond donors (Lipinski definition) is 2. The molecule has 0 saturated heterocycles. The quantitative estimate of drug-likeness (QED) is 0.0508. The molecule has 0 unspecified atom stereocenters. The lowest BCUT2D eigenvalue weighted by Gasteiger charge is -2.06. The van der Waals surface area contributed by atoms with Crippen LogP contribution < -0.4 is 0 Å². The zero-order chi connectivity index (χ0) is 41.5. The highest BCUT2D eigenvalue weighted by Gasteiger charge is 2.05. The molecule has 2 nitrogen and oxygen atoms in total. The maximum atomic E-state index is 9.90. The first-order valence-electron chi connectivity index (χ1n) is 27.3. The van der Waals surface area contributed by atoms with Gasteiger partial charge in [-0.2, -0.15) is 0 Å². The minimum atomic E-state index is 0.00466. The second-order valence-corrected chi connectivity index (χ2v) is 19.2. The van der Waals surface area contributed by atoms with Crippen LogP contribution in [-0.4, -0.2) is 10.2 Å². The fourth-order valence-electron chi connectivity index (χ4n) is 9.30. The van der Waals surface area contributed by atoms with Crippen LogP contribution in [0.25, 0.3) is 0 Å². The smallest absolute Gasteiger partial charge is 0.160 e. The summed E-state index contributed by atoms with van der Waals surface area (Å²) in [6.45, 7) is 2.31. The molecule has 58 heavy (non-hydrogen) atoms. The summed E-state index contributed by atoms with van der Waals surface area (Å²) in [7, 11) is 0. The van der Waals surface area contributed by atoms with Crippen LogP contribution in [0.3, 0.4) is 0 Å². The fourth-order valence-corrected chi connectivity index (χ4v) is 9.30. The van der Waals surface area contributed by atoms with Gasteiger partial charge in [0.25, 0.3) is 0 Å². The highest BCUT2D eigenvalue weighted by Crippen LogP contribution is 2.29. The van der Waals surface area contributed by atoms with E-state index in [9.17, 15) is 10.2 Å². The van der Waals surface area contributed by atoms with E-state index in [1.807, 2.05) is 12.1 Å². The van der Waals surface area contributed by atoms with Gasteiger partial charge < -0.3 is 10.2 Å². The lowest BCUT2D eigenvalue weighted by Crippen LogP contribution is -1.88. The molecule has 0 fully saturated rings. The van der Waals surface area contributed by atoms with Crippen molar-refractivity contribution >= 4 is 0 Å². The summed E-state index contributed by atoms with van der Waals surface area (Å²) in [5.41, 5.74) is 0.877. The van der Waals surface area contributed by atoms with E-state index in [2.05, 4.69) is 6.92 Å². The van der Waals surface area contributed by atoms with E-state index < -0.39 is 0 Å². The highest BCUT2D eigenvalue weighted by atomic mass is 16.3. The summed E-state index contributed by atoms with van der Waals surface area (Å²) < 4.78 is 0. The molecule has 0 aromatic heterocycles. The molecule has 0 aliphatic carbocycles. The van der Waals surface area contributed by atoms with Crippen molar-refractivity contribution in [3.8, 4) is 11.5 Å². The summed E-state index contributed by atoms with van der Waals surface area (Å²) in [6, 6.07) is 5.28. The number of phenols is 2. The largest absolute Gasteiger partial charge is 0.504 e. The Morgan fingerprint density at radius 2 is 0.448 bits per heavy atom. The van der Waals surface area contributed by atoms with Gasteiger partial charge in [-0.25, -0.2) is 0 Å². The predicted octanol–water partition coefficient (Wildman–Crippen LogP) is 20.4. The molecule has 1 aromatic rings. The number of aromatic hydroxyl groups is 2. The molecule has 2 N–H and O–H groups in total. The number of hydrogen-bond acceptors (Lipinski definition) is 2. The van der Waals surface area contributed by atoms with E-state index in [1.54, 1.807) is 6.07 Å². The van der Waals surface area contributed by atoms with Crippen LogP contribution in [0.15, 0.2) is 18.2 Å². The third-order valence-corrected chi connectivity index (χ3v) is 13.4. The molecular weight excluding hydrogens is 705 g/mol. The molecule has 0 spiro atoms. The lowest BCUT2D eigenvalue weighted by molar-refractivity contribution is 0.398. The van der Waals surface area contributed by atoms with Crippen LogP contribution in [0, 0.1) is 0 Å². The zero-order valence-electron chi connectivity index (χ0n) is 39.8. The minimum Gasteiger partial charge on any atom is -0.504 e. The van der Waals surface area contributed by atoms with Crippen LogP contribution in [0.1, 0.15) is 321 Å². The monoisotopic (exact) mass is 811 g/mol. The SMILES string of the molecule is CCCCCCCCCCCCCCCCCCCCCCCCCCCCCCCCCCCCCCCCCCCCCCCCCCc1cccc(O)c1O. The third-order valence-electron chi connectivity index (χ3n) is 13.4. The topological polar surface area (TPSA) is 40.5 Å². The number of phenolic OH excluding ortho intramolecular Hbond substituents is 2. The van der Waals surface area contributed by atoms with Crippen LogP contribution in [0.4, 0.5) is 0 Å². The molecule has 0 atom stereocenters. The Hall–Kier alpha value is -1.18. The van der Waals surface area contributed by atoms with Gasteiger partial charge in [-0.05, 0) is 24.5 Å². The maximum absolute atomic E-state index is 9.90. The number of unbranched alkanes of at least 4 members (excludes halogenated alkanes) is 47. The summed E-state index contributed by atoms with van der Waals surface area (Å²) >= 11 is 0. The van der Waals surface area contributed by atoms with Crippen molar-refractivity contribution in [1.82, 2.24) is 0 Å². The molecule has 0 saturated carbocycles. The molecule has 0 radical (unpaired) electrons. The van der Waals surface area contributed by atoms with Crippen molar-refractivity contribution in [2.45, 2.75) is 322 Å². The second kappa shape index (κ2) is 46.9. The zero-order valence-corrected chi connectivity index (χ0v) is 39.8. The molecule has 0 bridgehead atoms. The predicted molar refractivity (Wildman–Crippen MR) is 261 cm³/mol. The van der Waals surface area contributed by atoms with Gasteiger partial charge in [0.1, 0.15) is 0 Å².